The second kappa shape index (κ2) is 4.26. The number of imidazole rings is 1. The van der Waals surface area contributed by atoms with Gasteiger partial charge in [0.1, 0.15) is 5.82 Å². The van der Waals surface area contributed by atoms with Crippen LogP contribution in [-0.4, -0.2) is 15.0 Å². The van der Waals surface area contributed by atoms with Gasteiger partial charge in [0.05, 0.1) is 5.52 Å². The lowest BCUT2D eigenvalue weighted by atomic mass is 10.1. The lowest BCUT2D eigenvalue weighted by Gasteiger charge is -1.98. The Morgan fingerprint density at radius 1 is 1.11 bits per heavy atom. The molecular weight excluding hydrogens is 222 g/mol. The molecule has 0 radical (unpaired) electrons. The van der Waals surface area contributed by atoms with Crippen LogP contribution < -0.4 is 0 Å². The van der Waals surface area contributed by atoms with Gasteiger partial charge in [-0.15, -0.1) is 0 Å². The fourth-order valence-electron chi connectivity index (χ4n) is 2.07. The van der Waals surface area contributed by atoms with Gasteiger partial charge in [0.15, 0.2) is 5.65 Å². The molecule has 2 aromatic heterocycles. The van der Waals surface area contributed by atoms with Crippen molar-refractivity contribution in [2.45, 2.75) is 20.3 Å². The Hall–Kier alpha value is -2.16. The fraction of sp³-hybridized carbons (Fsp3) is 0.200. The molecule has 3 nitrogen and oxygen atoms in total. The number of aromatic nitrogens is 3. The molecule has 0 aliphatic rings. The van der Waals surface area contributed by atoms with E-state index in [4.69, 9.17) is 0 Å². The Kier molecular flexibility index (Phi) is 2.59. The summed E-state index contributed by atoms with van der Waals surface area (Å²) in [5, 5.41) is 0. The zero-order valence-electron chi connectivity index (χ0n) is 10.6. The number of rotatable bonds is 2. The summed E-state index contributed by atoms with van der Waals surface area (Å²) in [6.45, 7) is 4.22. The molecule has 0 spiro atoms. The highest BCUT2D eigenvalue weighted by atomic mass is 15.0. The maximum atomic E-state index is 4.53. The first kappa shape index (κ1) is 11.0. The van der Waals surface area contributed by atoms with Crippen molar-refractivity contribution in [2.24, 2.45) is 0 Å². The van der Waals surface area contributed by atoms with Crippen LogP contribution in [0.4, 0.5) is 0 Å². The number of hydrogen-bond acceptors (Lipinski definition) is 2. The van der Waals surface area contributed by atoms with Crippen LogP contribution in [0.2, 0.25) is 0 Å². The van der Waals surface area contributed by atoms with E-state index in [-0.39, 0.29) is 0 Å². The van der Waals surface area contributed by atoms with Crippen LogP contribution in [0.25, 0.3) is 22.6 Å². The maximum Gasteiger partial charge on any atom is 0.178 e. The summed E-state index contributed by atoms with van der Waals surface area (Å²) in [6.07, 6.45) is 2.85. The third-order valence-electron chi connectivity index (χ3n) is 3.24. The van der Waals surface area contributed by atoms with E-state index in [0.717, 1.165) is 29.0 Å². The Labute approximate surface area is 106 Å². The molecule has 0 aliphatic heterocycles. The number of H-pyrrole nitrogens is 1. The Morgan fingerprint density at radius 2 is 1.89 bits per heavy atom. The number of pyridine rings is 1. The topological polar surface area (TPSA) is 41.6 Å². The van der Waals surface area contributed by atoms with E-state index in [0.29, 0.717) is 0 Å². The van der Waals surface area contributed by atoms with Gasteiger partial charge in [-0.1, -0.05) is 31.2 Å². The first-order valence-electron chi connectivity index (χ1n) is 6.18. The fourth-order valence-corrected chi connectivity index (χ4v) is 2.07. The number of benzene rings is 1. The molecule has 0 fully saturated rings. The van der Waals surface area contributed by atoms with Gasteiger partial charge in [-0.2, -0.15) is 0 Å². The summed E-state index contributed by atoms with van der Waals surface area (Å²) in [6, 6.07) is 10.5. The Balaban J connectivity index is 2.10. The van der Waals surface area contributed by atoms with Crippen molar-refractivity contribution in [2.75, 3.05) is 0 Å². The second-order valence-corrected chi connectivity index (χ2v) is 4.46. The predicted octanol–water partition coefficient (Wildman–Crippen LogP) is 3.50. The van der Waals surface area contributed by atoms with Crippen molar-refractivity contribution < 1.29 is 0 Å². The van der Waals surface area contributed by atoms with Gasteiger partial charge in [-0.25, -0.2) is 9.97 Å². The van der Waals surface area contributed by atoms with Gasteiger partial charge >= 0.3 is 0 Å². The van der Waals surface area contributed by atoms with Crippen LogP contribution >= 0.6 is 0 Å². The van der Waals surface area contributed by atoms with Gasteiger partial charge in [0.25, 0.3) is 0 Å². The quantitative estimate of drug-likeness (QED) is 0.741. The number of hydrogen-bond donors (Lipinski definition) is 1. The molecule has 2 heterocycles. The molecule has 1 aromatic carbocycles. The van der Waals surface area contributed by atoms with Crippen molar-refractivity contribution in [3.8, 4) is 11.4 Å². The zero-order valence-corrected chi connectivity index (χ0v) is 10.6. The molecule has 18 heavy (non-hydrogen) atoms. The standard InChI is InChI=1S/C15H15N3/c1-3-11-4-6-12(7-5-11)14-17-13-10(2)8-9-16-15(13)18-14/h4-9H,3H2,1-2H3,(H,16,17,18). The van der Waals surface area contributed by atoms with Crippen LogP contribution in [0.5, 0.6) is 0 Å². The van der Waals surface area contributed by atoms with E-state index in [2.05, 4.69) is 53.1 Å². The third-order valence-corrected chi connectivity index (χ3v) is 3.24. The summed E-state index contributed by atoms with van der Waals surface area (Å²) in [5.41, 5.74) is 5.41. The van der Waals surface area contributed by atoms with Gasteiger partial charge < -0.3 is 4.98 Å². The minimum Gasteiger partial charge on any atom is -0.336 e. The summed E-state index contributed by atoms with van der Waals surface area (Å²) in [4.78, 5) is 12.2. The monoisotopic (exact) mass is 237 g/mol. The summed E-state index contributed by atoms with van der Waals surface area (Å²) in [5.74, 6) is 0.884. The molecule has 3 rings (SSSR count). The lowest BCUT2D eigenvalue weighted by Crippen LogP contribution is -1.83. The smallest absolute Gasteiger partial charge is 0.178 e. The lowest BCUT2D eigenvalue weighted by molar-refractivity contribution is 1.14. The molecule has 0 aliphatic carbocycles. The van der Waals surface area contributed by atoms with Gasteiger partial charge in [0.2, 0.25) is 0 Å². The molecule has 0 amide bonds. The van der Waals surface area contributed by atoms with Crippen molar-refractivity contribution in [1.82, 2.24) is 15.0 Å². The van der Waals surface area contributed by atoms with Gasteiger partial charge in [-0.3, -0.25) is 0 Å². The molecule has 1 N–H and O–H groups in total. The van der Waals surface area contributed by atoms with E-state index >= 15 is 0 Å². The van der Waals surface area contributed by atoms with Crippen LogP contribution in [0.1, 0.15) is 18.1 Å². The summed E-state index contributed by atoms with van der Waals surface area (Å²) in [7, 11) is 0. The van der Waals surface area contributed by atoms with E-state index in [9.17, 15) is 0 Å². The third kappa shape index (κ3) is 1.78. The number of fused-ring (bicyclic) bond motifs is 1. The van der Waals surface area contributed by atoms with Crippen LogP contribution in [-0.2, 0) is 6.42 Å². The highest BCUT2D eigenvalue weighted by molar-refractivity contribution is 5.78. The molecule has 0 atom stereocenters. The Morgan fingerprint density at radius 3 is 2.56 bits per heavy atom. The van der Waals surface area contributed by atoms with Crippen LogP contribution in [0, 0.1) is 6.92 Å². The molecule has 3 aromatic rings. The molecular formula is C15H15N3. The van der Waals surface area contributed by atoms with Crippen LogP contribution in [0.3, 0.4) is 0 Å². The number of nitrogens with zero attached hydrogens (tertiary/aromatic N) is 2. The average Bonchev–Trinajstić information content (AvgIpc) is 2.84. The SMILES string of the molecule is CCc1ccc(-c2nc3nccc(C)c3[nH]2)cc1. The van der Waals surface area contributed by atoms with E-state index < -0.39 is 0 Å². The van der Waals surface area contributed by atoms with Crippen LogP contribution in [0.15, 0.2) is 36.5 Å². The molecule has 0 unspecified atom stereocenters. The number of aromatic amines is 1. The summed E-state index contributed by atoms with van der Waals surface area (Å²) >= 11 is 0. The first-order chi connectivity index (χ1) is 8.78. The molecule has 90 valence electrons. The largest absolute Gasteiger partial charge is 0.336 e. The average molecular weight is 237 g/mol. The normalized spacial score (nSPS) is 11.0. The summed E-state index contributed by atoms with van der Waals surface area (Å²) < 4.78 is 0. The number of aryl methyl sites for hydroxylation is 2. The maximum absolute atomic E-state index is 4.53. The molecule has 3 heteroatoms. The number of nitrogens with one attached hydrogen (secondary N) is 1. The molecule has 0 saturated heterocycles. The van der Waals surface area contributed by atoms with Crippen molar-refractivity contribution in [3.05, 3.63) is 47.7 Å². The van der Waals surface area contributed by atoms with E-state index in [1.165, 1.54) is 11.1 Å². The highest BCUT2D eigenvalue weighted by Crippen LogP contribution is 2.21. The first-order valence-corrected chi connectivity index (χ1v) is 6.18. The molecule has 0 bridgehead atoms. The van der Waals surface area contributed by atoms with Gasteiger partial charge in [0, 0.05) is 11.8 Å². The predicted molar refractivity (Wildman–Crippen MR) is 73.4 cm³/mol. The second-order valence-electron chi connectivity index (χ2n) is 4.46. The van der Waals surface area contributed by atoms with E-state index in [1.807, 2.05) is 6.07 Å². The minimum absolute atomic E-state index is 0.782. The van der Waals surface area contributed by atoms with Gasteiger partial charge in [-0.05, 0) is 30.5 Å². The van der Waals surface area contributed by atoms with Crippen molar-refractivity contribution in [3.63, 3.8) is 0 Å². The molecule has 0 saturated carbocycles. The Bertz CT molecular complexity index is 681. The van der Waals surface area contributed by atoms with Crippen molar-refractivity contribution >= 4 is 11.2 Å². The van der Waals surface area contributed by atoms with Crippen molar-refractivity contribution in [1.29, 1.82) is 0 Å². The minimum atomic E-state index is 0.782. The highest BCUT2D eigenvalue weighted by Gasteiger charge is 2.07. The zero-order chi connectivity index (χ0) is 12.5. The van der Waals surface area contributed by atoms with E-state index in [1.54, 1.807) is 6.20 Å².